The van der Waals surface area contributed by atoms with Gasteiger partial charge in [0.2, 0.25) is 0 Å². The highest BCUT2D eigenvalue weighted by atomic mass is 79.9. The van der Waals surface area contributed by atoms with E-state index in [-0.39, 0.29) is 24.4 Å². The van der Waals surface area contributed by atoms with Gasteiger partial charge in [0.15, 0.2) is 0 Å². The zero-order chi connectivity index (χ0) is 12.4. The molecule has 1 aromatic carbocycles. The number of esters is 1. The molecule has 0 radical (unpaired) electrons. The van der Waals surface area contributed by atoms with Crippen molar-refractivity contribution in [3.8, 4) is 5.75 Å². The molecule has 0 saturated carbocycles. The maximum absolute atomic E-state index is 11.5. The molecule has 1 aromatic rings. The number of hydrogen-bond acceptors (Lipinski definition) is 4. The molecule has 4 nitrogen and oxygen atoms in total. The van der Waals surface area contributed by atoms with E-state index >= 15 is 0 Å². The highest BCUT2D eigenvalue weighted by Crippen LogP contribution is 2.32. The number of nitrogens with one attached hydrogen (secondary N) is 1. The SMILES string of the molecule is COC(=O)C1Cc2c(Br)ccc(OC)c2CN1.Cl. The first-order chi connectivity index (χ1) is 8.17. The first-order valence-electron chi connectivity index (χ1n) is 5.32. The van der Waals surface area contributed by atoms with Crippen LogP contribution in [0.5, 0.6) is 5.75 Å². The summed E-state index contributed by atoms with van der Waals surface area (Å²) in [6.07, 6.45) is 0.611. The summed E-state index contributed by atoms with van der Waals surface area (Å²) in [5.74, 6) is 0.615. The summed E-state index contributed by atoms with van der Waals surface area (Å²) in [6, 6.07) is 3.58. The molecule has 1 aliphatic heterocycles. The molecule has 1 unspecified atom stereocenters. The molecule has 6 heteroatoms. The minimum absolute atomic E-state index is 0. The van der Waals surface area contributed by atoms with Crippen LogP contribution in [-0.2, 0) is 22.5 Å². The predicted molar refractivity (Wildman–Crippen MR) is 74.3 cm³/mol. The molecule has 1 N–H and O–H groups in total. The van der Waals surface area contributed by atoms with E-state index in [0.717, 1.165) is 21.3 Å². The van der Waals surface area contributed by atoms with Crippen LogP contribution in [0.4, 0.5) is 0 Å². The average Bonchev–Trinajstić information content (AvgIpc) is 2.38. The molecule has 0 aromatic heterocycles. The first-order valence-corrected chi connectivity index (χ1v) is 6.12. The van der Waals surface area contributed by atoms with E-state index in [0.29, 0.717) is 13.0 Å². The van der Waals surface area contributed by atoms with Crippen molar-refractivity contribution >= 4 is 34.3 Å². The van der Waals surface area contributed by atoms with Crippen molar-refractivity contribution in [1.29, 1.82) is 0 Å². The minimum Gasteiger partial charge on any atom is -0.496 e. The molecular weight excluding hydrogens is 321 g/mol. The van der Waals surface area contributed by atoms with E-state index in [2.05, 4.69) is 21.2 Å². The lowest BCUT2D eigenvalue weighted by molar-refractivity contribution is -0.143. The molecule has 0 fully saturated rings. The molecule has 0 bridgehead atoms. The Morgan fingerprint density at radius 1 is 1.39 bits per heavy atom. The highest BCUT2D eigenvalue weighted by Gasteiger charge is 2.27. The molecule has 0 amide bonds. The normalized spacial score (nSPS) is 17.4. The van der Waals surface area contributed by atoms with Crippen molar-refractivity contribution < 1.29 is 14.3 Å². The zero-order valence-electron chi connectivity index (χ0n) is 10.2. The van der Waals surface area contributed by atoms with Crippen LogP contribution in [0.15, 0.2) is 16.6 Å². The van der Waals surface area contributed by atoms with Gasteiger partial charge in [-0.05, 0) is 17.7 Å². The van der Waals surface area contributed by atoms with Gasteiger partial charge < -0.3 is 9.47 Å². The van der Waals surface area contributed by atoms with Gasteiger partial charge in [-0.25, -0.2) is 0 Å². The number of rotatable bonds is 2. The largest absolute Gasteiger partial charge is 0.496 e. The monoisotopic (exact) mass is 335 g/mol. The molecule has 0 saturated heterocycles. The topological polar surface area (TPSA) is 47.6 Å². The summed E-state index contributed by atoms with van der Waals surface area (Å²) < 4.78 is 11.1. The smallest absolute Gasteiger partial charge is 0.323 e. The van der Waals surface area contributed by atoms with Crippen LogP contribution in [0.25, 0.3) is 0 Å². The maximum atomic E-state index is 11.5. The van der Waals surface area contributed by atoms with Gasteiger partial charge in [0.25, 0.3) is 0 Å². The fraction of sp³-hybridized carbons (Fsp3) is 0.417. The minimum atomic E-state index is -0.282. The Labute approximate surface area is 121 Å². The van der Waals surface area contributed by atoms with Gasteiger partial charge in [-0.15, -0.1) is 12.4 Å². The third-order valence-electron chi connectivity index (χ3n) is 2.97. The Hall–Kier alpha value is -0.780. The first kappa shape index (κ1) is 15.3. The summed E-state index contributed by atoms with van der Waals surface area (Å²) in [5, 5.41) is 3.15. The lowest BCUT2D eigenvalue weighted by Gasteiger charge is -2.26. The summed E-state index contributed by atoms with van der Waals surface area (Å²) in [4.78, 5) is 11.5. The van der Waals surface area contributed by atoms with E-state index in [9.17, 15) is 4.79 Å². The number of carbonyl (C=O) groups is 1. The van der Waals surface area contributed by atoms with E-state index in [1.54, 1.807) is 7.11 Å². The fourth-order valence-electron chi connectivity index (χ4n) is 2.06. The Balaban J connectivity index is 0.00000162. The maximum Gasteiger partial charge on any atom is 0.323 e. The van der Waals surface area contributed by atoms with Gasteiger partial charge in [-0.1, -0.05) is 15.9 Å². The zero-order valence-corrected chi connectivity index (χ0v) is 12.6. The van der Waals surface area contributed by atoms with Gasteiger partial charge >= 0.3 is 5.97 Å². The summed E-state index contributed by atoms with van der Waals surface area (Å²) in [5.41, 5.74) is 2.21. The second kappa shape index (κ2) is 6.41. The fourth-order valence-corrected chi connectivity index (χ4v) is 2.59. The number of benzene rings is 1. The Kier molecular flexibility index (Phi) is 5.44. The molecule has 1 aliphatic rings. The molecule has 18 heavy (non-hydrogen) atoms. The Bertz CT molecular complexity index is 453. The second-order valence-electron chi connectivity index (χ2n) is 3.87. The van der Waals surface area contributed by atoms with Crippen molar-refractivity contribution in [1.82, 2.24) is 5.32 Å². The van der Waals surface area contributed by atoms with Crippen molar-refractivity contribution in [2.75, 3.05) is 14.2 Å². The number of methoxy groups -OCH3 is 2. The van der Waals surface area contributed by atoms with Crippen LogP contribution >= 0.6 is 28.3 Å². The number of fused-ring (bicyclic) bond motifs is 1. The van der Waals surface area contributed by atoms with Crippen LogP contribution in [0.3, 0.4) is 0 Å². The van der Waals surface area contributed by atoms with E-state index < -0.39 is 0 Å². The summed E-state index contributed by atoms with van der Waals surface area (Å²) in [6.45, 7) is 0.609. The van der Waals surface area contributed by atoms with Gasteiger partial charge in [0.05, 0.1) is 14.2 Å². The number of ether oxygens (including phenoxy) is 2. The standard InChI is InChI=1S/C12H14BrNO3.ClH/c1-16-11-4-3-9(13)7-5-10(12(15)17-2)14-6-8(7)11;/h3-4,10,14H,5-6H2,1-2H3;1H. The van der Waals surface area contributed by atoms with Crippen LogP contribution in [0.1, 0.15) is 11.1 Å². The molecule has 0 aliphatic carbocycles. The van der Waals surface area contributed by atoms with Crippen molar-refractivity contribution in [2.24, 2.45) is 0 Å². The van der Waals surface area contributed by atoms with Gasteiger partial charge in [0.1, 0.15) is 11.8 Å². The number of halogens is 2. The molecular formula is C12H15BrClNO3. The average molecular weight is 337 g/mol. The number of carbonyl (C=O) groups excluding carboxylic acids is 1. The van der Waals surface area contributed by atoms with Crippen molar-refractivity contribution in [3.63, 3.8) is 0 Å². The highest BCUT2D eigenvalue weighted by molar-refractivity contribution is 9.10. The number of hydrogen-bond donors (Lipinski definition) is 1. The third kappa shape index (κ3) is 2.79. The predicted octanol–water partition coefficient (Wildman–Crippen LogP) is 2.07. The third-order valence-corrected chi connectivity index (χ3v) is 3.71. The van der Waals surface area contributed by atoms with Crippen LogP contribution < -0.4 is 10.1 Å². The molecule has 1 atom stereocenters. The van der Waals surface area contributed by atoms with Gasteiger partial charge in [0, 0.05) is 23.0 Å². The Morgan fingerprint density at radius 2 is 2.11 bits per heavy atom. The second-order valence-corrected chi connectivity index (χ2v) is 4.72. The lowest BCUT2D eigenvalue weighted by Crippen LogP contribution is -2.42. The van der Waals surface area contributed by atoms with Gasteiger partial charge in [-0.3, -0.25) is 10.1 Å². The van der Waals surface area contributed by atoms with Gasteiger partial charge in [-0.2, -0.15) is 0 Å². The summed E-state index contributed by atoms with van der Waals surface area (Å²) >= 11 is 3.51. The summed E-state index contributed by atoms with van der Waals surface area (Å²) in [7, 11) is 3.05. The van der Waals surface area contributed by atoms with E-state index in [1.807, 2.05) is 12.1 Å². The van der Waals surface area contributed by atoms with Crippen LogP contribution in [-0.4, -0.2) is 26.2 Å². The van der Waals surface area contributed by atoms with Crippen molar-refractivity contribution in [3.05, 3.63) is 27.7 Å². The molecule has 100 valence electrons. The molecule has 1 heterocycles. The van der Waals surface area contributed by atoms with E-state index in [1.165, 1.54) is 7.11 Å². The van der Waals surface area contributed by atoms with E-state index in [4.69, 9.17) is 9.47 Å². The Morgan fingerprint density at radius 3 is 2.72 bits per heavy atom. The lowest BCUT2D eigenvalue weighted by atomic mass is 9.95. The van der Waals surface area contributed by atoms with Crippen LogP contribution in [0.2, 0.25) is 0 Å². The molecule has 0 spiro atoms. The quantitative estimate of drug-likeness (QED) is 0.840. The molecule has 2 rings (SSSR count). The van der Waals surface area contributed by atoms with Crippen molar-refractivity contribution in [2.45, 2.75) is 19.0 Å². The van der Waals surface area contributed by atoms with Crippen LogP contribution in [0, 0.1) is 0 Å².